The molecule has 0 spiro atoms. The minimum Gasteiger partial charge on any atom is -0.335 e. The first kappa shape index (κ1) is 13.7. The fourth-order valence-corrected chi connectivity index (χ4v) is 3.17. The van der Waals surface area contributed by atoms with E-state index in [1.165, 1.54) is 19.3 Å². The van der Waals surface area contributed by atoms with E-state index in [9.17, 15) is 4.79 Å². The second kappa shape index (κ2) is 6.41. The van der Waals surface area contributed by atoms with Crippen molar-refractivity contribution in [3.8, 4) is 0 Å². The van der Waals surface area contributed by atoms with Gasteiger partial charge in [-0.05, 0) is 39.5 Å². The van der Waals surface area contributed by atoms with Gasteiger partial charge in [0.15, 0.2) is 0 Å². The average molecular weight is 253 g/mol. The maximum atomic E-state index is 12.0. The molecule has 3 unspecified atom stereocenters. The molecule has 1 saturated heterocycles. The number of hydrogen-bond acceptors (Lipinski definition) is 2. The molecule has 2 fully saturated rings. The van der Waals surface area contributed by atoms with Crippen molar-refractivity contribution in [3.05, 3.63) is 0 Å². The number of rotatable bonds is 2. The molecule has 0 radical (unpaired) electrons. The Morgan fingerprint density at radius 3 is 2.39 bits per heavy atom. The van der Waals surface area contributed by atoms with Crippen LogP contribution in [-0.2, 0) is 0 Å². The van der Waals surface area contributed by atoms with Crippen LogP contribution in [0.25, 0.3) is 0 Å². The zero-order valence-electron chi connectivity index (χ0n) is 11.7. The summed E-state index contributed by atoms with van der Waals surface area (Å²) in [6, 6.07) is 1.62. The minimum absolute atomic E-state index is 0.0232. The van der Waals surface area contributed by atoms with Gasteiger partial charge in [0, 0.05) is 24.2 Å². The van der Waals surface area contributed by atoms with E-state index in [2.05, 4.69) is 29.8 Å². The lowest BCUT2D eigenvalue weighted by Crippen LogP contribution is -2.57. The van der Waals surface area contributed by atoms with E-state index in [4.69, 9.17) is 0 Å². The monoisotopic (exact) mass is 253 g/mol. The molecule has 0 bridgehead atoms. The molecular formula is C14H27N3O. The molecule has 4 nitrogen and oxygen atoms in total. The summed E-state index contributed by atoms with van der Waals surface area (Å²) in [7, 11) is 0. The van der Waals surface area contributed by atoms with Crippen LogP contribution in [0.15, 0.2) is 0 Å². The van der Waals surface area contributed by atoms with E-state index in [-0.39, 0.29) is 12.1 Å². The van der Waals surface area contributed by atoms with E-state index in [1.807, 2.05) is 0 Å². The summed E-state index contributed by atoms with van der Waals surface area (Å²) in [4.78, 5) is 12.0. The molecule has 1 aliphatic carbocycles. The Balaban J connectivity index is 1.73. The summed E-state index contributed by atoms with van der Waals surface area (Å²) in [5.74, 6) is 0. The molecule has 0 aromatic rings. The first-order chi connectivity index (χ1) is 8.65. The second-order valence-corrected chi connectivity index (χ2v) is 5.99. The third-order valence-electron chi connectivity index (χ3n) is 4.32. The molecule has 0 aromatic heterocycles. The Bertz CT molecular complexity index is 276. The van der Waals surface area contributed by atoms with Gasteiger partial charge in [-0.1, -0.05) is 19.3 Å². The number of carbonyl (C=O) groups is 1. The highest BCUT2D eigenvalue weighted by Crippen LogP contribution is 2.17. The van der Waals surface area contributed by atoms with Crippen LogP contribution in [0.1, 0.15) is 58.8 Å². The van der Waals surface area contributed by atoms with Gasteiger partial charge in [-0.2, -0.15) is 0 Å². The first-order valence-electron chi connectivity index (χ1n) is 7.48. The quantitative estimate of drug-likeness (QED) is 0.706. The molecule has 0 aromatic carbocycles. The summed E-state index contributed by atoms with van der Waals surface area (Å²) in [6.07, 6.45) is 8.33. The van der Waals surface area contributed by atoms with Crippen molar-refractivity contribution in [2.24, 2.45) is 0 Å². The maximum Gasteiger partial charge on any atom is 0.315 e. The fourth-order valence-electron chi connectivity index (χ4n) is 3.17. The predicted octanol–water partition coefficient (Wildman–Crippen LogP) is 2.15. The smallest absolute Gasteiger partial charge is 0.315 e. The van der Waals surface area contributed by atoms with Crippen LogP contribution >= 0.6 is 0 Å². The Labute approximate surface area is 110 Å². The summed E-state index contributed by atoms with van der Waals surface area (Å²) in [5, 5.41) is 9.74. The van der Waals surface area contributed by atoms with E-state index in [1.54, 1.807) is 0 Å². The topological polar surface area (TPSA) is 53.2 Å². The maximum absolute atomic E-state index is 12.0. The van der Waals surface area contributed by atoms with Crippen LogP contribution in [0.3, 0.4) is 0 Å². The van der Waals surface area contributed by atoms with Gasteiger partial charge in [-0.3, -0.25) is 0 Å². The van der Waals surface area contributed by atoms with Crippen molar-refractivity contribution in [2.75, 3.05) is 0 Å². The summed E-state index contributed by atoms with van der Waals surface area (Å²) < 4.78 is 0. The SMILES string of the molecule is CC1CCC(NC(=O)NC2CCCCC2)C(C)N1. The van der Waals surface area contributed by atoms with Crippen LogP contribution in [0.5, 0.6) is 0 Å². The molecule has 1 heterocycles. The number of piperidine rings is 1. The van der Waals surface area contributed by atoms with Crippen molar-refractivity contribution in [3.63, 3.8) is 0 Å². The van der Waals surface area contributed by atoms with Gasteiger partial charge in [-0.15, -0.1) is 0 Å². The lowest BCUT2D eigenvalue weighted by Gasteiger charge is -2.35. The fraction of sp³-hybridized carbons (Fsp3) is 0.929. The molecule has 104 valence electrons. The van der Waals surface area contributed by atoms with Crippen molar-refractivity contribution < 1.29 is 4.79 Å². The zero-order chi connectivity index (χ0) is 13.0. The molecular weight excluding hydrogens is 226 g/mol. The summed E-state index contributed by atoms with van der Waals surface area (Å²) in [6.45, 7) is 4.36. The third-order valence-corrected chi connectivity index (χ3v) is 4.32. The van der Waals surface area contributed by atoms with Crippen molar-refractivity contribution >= 4 is 6.03 Å². The second-order valence-electron chi connectivity index (χ2n) is 5.99. The van der Waals surface area contributed by atoms with Gasteiger partial charge in [-0.25, -0.2) is 4.79 Å². The predicted molar refractivity (Wildman–Crippen MR) is 73.6 cm³/mol. The van der Waals surface area contributed by atoms with Crippen molar-refractivity contribution in [1.82, 2.24) is 16.0 Å². The summed E-state index contributed by atoms with van der Waals surface area (Å²) in [5.41, 5.74) is 0. The Morgan fingerprint density at radius 2 is 1.72 bits per heavy atom. The van der Waals surface area contributed by atoms with E-state index >= 15 is 0 Å². The van der Waals surface area contributed by atoms with Crippen LogP contribution < -0.4 is 16.0 Å². The molecule has 1 aliphatic heterocycles. The highest BCUT2D eigenvalue weighted by atomic mass is 16.2. The highest BCUT2D eigenvalue weighted by molar-refractivity contribution is 5.74. The van der Waals surface area contributed by atoms with Gasteiger partial charge in [0.2, 0.25) is 0 Å². The number of carbonyl (C=O) groups excluding carboxylic acids is 1. The average Bonchev–Trinajstić information content (AvgIpc) is 2.34. The Morgan fingerprint density at radius 1 is 1.00 bits per heavy atom. The number of hydrogen-bond donors (Lipinski definition) is 3. The lowest BCUT2D eigenvalue weighted by molar-refractivity contribution is 0.215. The van der Waals surface area contributed by atoms with Gasteiger partial charge < -0.3 is 16.0 Å². The number of nitrogens with one attached hydrogen (secondary N) is 3. The van der Waals surface area contributed by atoms with E-state index in [0.717, 1.165) is 25.7 Å². The minimum atomic E-state index is 0.0232. The number of urea groups is 1. The van der Waals surface area contributed by atoms with Gasteiger partial charge in [0.1, 0.15) is 0 Å². The normalized spacial score (nSPS) is 34.0. The third kappa shape index (κ3) is 3.87. The molecule has 3 N–H and O–H groups in total. The van der Waals surface area contributed by atoms with Gasteiger partial charge >= 0.3 is 6.03 Å². The number of amides is 2. The molecule has 1 saturated carbocycles. The van der Waals surface area contributed by atoms with Crippen molar-refractivity contribution in [2.45, 2.75) is 83.0 Å². The lowest BCUT2D eigenvalue weighted by atomic mass is 9.95. The largest absolute Gasteiger partial charge is 0.335 e. The van der Waals surface area contributed by atoms with E-state index in [0.29, 0.717) is 18.1 Å². The highest BCUT2D eigenvalue weighted by Gasteiger charge is 2.26. The molecule has 4 heteroatoms. The van der Waals surface area contributed by atoms with E-state index < -0.39 is 0 Å². The molecule has 3 atom stereocenters. The van der Waals surface area contributed by atoms with Crippen LogP contribution in [0, 0.1) is 0 Å². The zero-order valence-corrected chi connectivity index (χ0v) is 11.7. The molecule has 2 aliphatic rings. The van der Waals surface area contributed by atoms with Gasteiger partial charge in [0.05, 0.1) is 0 Å². The molecule has 2 amide bonds. The van der Waals surface area contributed by atoms with Crippen molar-refractivity contribution in [1.29, 1.82) is 0 Å². The summed E-state index contributed by atoms with van der Waals surface area (Å²) >= 11 is 0. The van der Waals surface area contributed by atoms with Crippen LogP contribution in [0.4, 0.5) is 4.79 Å². The van der Waals surface area contributed by atoms with Crippen LogP contribution in [-0.4, -0.2) is 30.2 Å². The Hall–Kier alpha value is -0.770. The van der Waals surface area contributed by atoms with Gasteiger partial charge in [0.25, 0.3) is 0 Å². The molecule has 18 heavy (non-hydrogen) atoms. The van der Waals surface area contributed by atoms with Crippen LogP contribution in [0.2, 0.25) is 0 Å². The standard InChI is InChI=1S/C14H27N3O/c1-10-8-9-13(11(2)15-10)17-14(18)16-12-6-4-3-5-7-12/h10-13,15H,3-9H2,1-2H3,(H2,16,17,18). The first-order valence-corrected chi connectivity index (χ1v) is 7.48. The Kier molecular flexibility index (Phi) is 4.87. The molecule has 2 rings (SSSR count).